The largest absolute Gasteiger partial charge is 0.487 e. The third kappa shape index (κ3) is 4.03. The van der Waals surface area contributed by atoms with Crippen LogP contribution in [0.3, 0.4) is 0 Å². The fourth-order valence-corrected chi connectivity index (χ4v) is 4.20. The molecule has 1 spiro atoms. The molecule has 9 heteroatoms. The van der Waals surface area contributed by atoms with Gasteiger partial charge in [0.15, 0.2) is 0 Å². The topological polar surface area (TPSA) is 91.6 Å². The molecule has 5 rings (SSSR count). The second kappa shape index (κ2) is 8.58. The first-order valence-electron chi connectivity index (χ1n) is 10.7. The van der Waals surface area contributed by atoms with Crippen LogP contribution in [0.1, 0.15) is 34.6 Å². The number of likely N-dealkylation sites (tertiary alicyclic amines) is 1. The van der Waals surface area contributed by atoms with Crippen molar-refractivity contribution in [2.75, 3.05) is 20.2 Å². The minimum atomic E-state index is -0.326. The van der Waals surface area contributed by atoms with Crippen molar-refractivity contribution in [1.82, 2.24) is 24.9 Å². The van der Waals surface area contributed by atoms with Crippen LogP contribution in [-0.2, 0) is 24.5 Å². The summed E-state index contributed by atoms with van der Waals surface area (Å²) in [5.74, 6) is 1.27. The van der Waals surface area contributed by atoms with Crippen molar-refractivity contribution in [3.05, 3.63) is 65.6 Å². The number of ether oxygens (including phenoxy) is 3. The Morgan fingerprint density at radius 3 is 2.69 bits per heavy atom. The molecule has 0 bridgehead atoms. The number of para-hydroxylation sites is 1. The lowest BCUT2D eigenvalue weighted by Crippen LogP contribution is -2.52. The summed E-state index contributed by atoms with van der Waals surface area (Å²) < 4.78 is 19.1. The van der Waals surface area contributed by atoms with Gasteiger partial charge in [0.25, 0.3) is 5.91 Å². The number of pyridine rings is 1. The van der Waals surface area contributed by atoms with Crippen LogP contribution >= 0.6 is 0 Å². The van der Waals surface area contributed by atoms with Crippen molar-refractivity contribution >= 4 is 5.91 Å². The lowest BCUT2D eigenvalue weighted by Gasteiger charge is -2.43. The highest BCUT2D eigenvalue weighted by molar-refractivity contribution is 5.94. The van der Waals surface area contributed by atoms with Gasteiger partial charge in [0.05, 0.1) is 37.1 Å². The summed E-state index contributed by atoms with van der Waals surface area (Å²) >= 11 is 0. The monoisotopic (exact) mass is 435 g/mol. The van der Waals surface area contributed by atoms with Gasteiger partial charge in [-0.25, -0.2) is 9.67 Å². The number of piperidine rings is 1. The van der Waals surface area contributed by atoms with Crippen LogP contribution in [0.5, 0.6) is 11.6 Å². The summed E-state index contributed by atoms with van der Waals surface area (Å²) in [4.78, 5) is 18.8. The number of methoxy groups -OCH3 is 1. The Bertz CT molecular complexity index is 1080. The zero-order chi connectivity index (χ0) is 22.0. The van der Waals surface area contributed by atoms with Crippen molar-refractivity contribution in [3.63, 3.8) is 0 Å². The van der Waals surface area contributed by atoms with Crippen molar-refractivity contribution in [3.8, 4) is 11.6 Å². The van der Waals surface area contributed by atoms with Crippen LogP contribution < -0.4 is 9.47 Å². The lowest BCUT2D eigenvalue weighted by molar-refractivity contribution is -0.120. The number of carbonyl (C=O) groups is 1. The minimum Gasteiger partial charge on any atom is -0.487 e. The molecule has 1 saturated heterocycles. The van der Waals surface area contributed by atoms with E-state index in [-0.39, 0.29) is 11.5 Å². The predicted molar refractivity (Wildman–Crippen MR) is 114 cm³/mol. The van der Waals surface area contributed by atoms with Gasteiger partial charge in [-0.05, 0) is 31.0 Å². The summed E-state index contributed by atoms with van der Waals surface area (Å²) in [6.45, 7) is 2.68. The summed E-state index contributed by atoms with van der Waals surface area (Å²) in [5.41, 5.74) is 1.98. The number of hydrogen-bond acceptors (Lipinski definition) is 7. The van der Waals surface area contributed by atoms with Crippen molar-refractivity contribution in [1.29, 1.82) is 0 Å². The van der Waals surface area contributed by atoms with E-state index in [4.69, 9.17) is 14.2 Å². The van der Waals surface area contributed by atoms with E-state index < -0.39 is 0 Å². The molecule has 2 aliphatic heterocycles. The first kappa shape index (κ1) is 20.4. The smallest absolute Gasteiger partial charge is 0.255 e. The highest BCUT2D eigenvalue weighted by Crippen LogP contribution is 2.34. The zero-order valence-corrected chi connectivity index (χ0v) is 17.9. The average molecular weight is 435 g/mol. The van der Waals surface area contributed by atoms with Crippen LogP contribution in [0.4, 0.5) is 0 Å². The molecule has 2 aromatic heterocycles. The number of aromatic nitrogens is 4. The molecule has 0 aliphatic carbocycles. The van der Waals surface area contributed by atoms with Gasteiger partial charge in [-0.1, -0.05) is 23.4 Å². The first-order valence-corrected chi connectivity index (χ1v) is 10.7. The highest BCUT2D eigenvalue weighted by atomic mass is 16.5. The molecule has 0 radical (unpaired) electrons. The van der Waals surface area contributed by atoms with Gasteiger partial charge in [-0.15, -0.1) is 5.10 Å². The van der Waals surface area contributed by atoms with E-state index in [0.29, 0.717) is 44.3 Å². The average Bonchev–Trinajstić information content (AvgIpc) is 3.25. The van der Waals surface area contributed by atoms with Crippen molar-refractivity contribution in [2.24, 2.45) is 0 Å². The SMILES string of the molecule is COc1ccc(C(=O)N2CCC3(CC2)Cn2nnc(COc4ccccc4)c2CO3)cn1. The number of nitrogens with zero attached hydrogens (tertiary/aromatic N) is 5. The molecular weight excluding hydrogens is 410 g/mol. The summed E-state index contributed by atoms with van der Waals surface area (Å²) in [6, 6.07) is 13.1. The fraction of sp³-hybridized carbons (Fsp3) is 0.391. The molecule has 9 nitrogen and oxygen atoms in total. The molecule has 2 aliphatic rings. The maximum atomic E-state index is 12.8. The summed E-state index contributed by atoms with van der Waals surface area (Å²) in [7, 11) is 1.55. The van der Waals surface area contributed by atoms with E-state index in [1.54, 1.807) is 25.4 Å². The Hall–Kier alpha value is -3.46. The number of fused-ring (bicyclic) bond motifs is 1. The molecule has 1 amide bonds. The Kier molecular flexibility index (Phi) is 5.48. The molecule has 32 heavy (non-hydrogen) atoms. The number of rotatable bonds is 5. The minimum absolute atomic E-state index is 0.0207. The molecular formula is C23H25N5O4. The quantitative estimate of drug-likeness (QED) is 0.608. The van der Waals surface area contributed by atoms with E-state index in [9.17, 15) is 4.79 Å². The summed E-state index contributed by atoms with van der Waals surface area (Å²) in [5, 5.41) is 8.66. The number of hydrogen-bond donors (Lipinski definition) is 0. The highest BCUT2D eigenvalue weighted by Gasteiger charge is 2.41. The molecule has 0 atom stereocenters. The molecule has 0 N–H and O–H groups in total. The Balaban J connectivity index is 1.20. The van der Waals surface area contributed by atoms with E-state index in [1.165, 1.54) is 0 Å². The van der Waals surface area contributed by atoms with E-state index in [1.807, 2.05) is 39.9 Å². The van der Waals surface area contributed by atoms with Crippen LogP contribution in [-0.4, -0.2) is 56.6 Å². The maximum Gasteiger partial charge on any atom is 0.255 e. The molecule has 0 saturated carbocycles. The lowest BCUT2D eigenvalue weighted by atomic mass is 9.89. The van der Waals surface area contributed by atoms with E-state index >= 15 is 0 Å². The molecule has 4 heterocycles. The van der Waals surface area contributed by atoms with Gasteiger partial charge >= 0.3 is 0 Å². The van der Waals surface area contributed by atoms with Crippen LogP contribution in [0.15, 0.2) is 48.7 Å². The molecule has 1 fully saturated rings. The normalized spacial score (nSPS) is 17.1. The van der Waals surface area contributed by atoms with Crippen LogP contribution in [0.25, 0.3) is 0 Å². The van der Waals surface area contributed by atoms with E-state index in [2.05, 4.69) is 15.3 Å². The number of carbonyl (C=O) groups excluding carboxylic acids is 1. The predicted octanol–water partition coefficient (Wildman–Crippen LogP) is 2.47. The van der Waals surface area contributed by atoms with Gasteiger partial charge in [-0.2, -0.15) is 0 Å². The fourth-order valence-electron chi connectivity index (χ4n) is 4.20. The first-order chi connectivity index (χ1) is 15.7. The van der Waals surface area contributed by atoms with Gasteiger partial charge in [0.1, 0.15) is 18.1 Å². The second-order valence-corrected chi connectivity index (χ2v) is 8.10. The number of amides is 1. The van der Waals surface area contributed by atoms with Crippen molar-refractivity contribution < 1.29 is 19.0 Å². The van der Waals surface area contributed by atoms with Gasteiger partial charge in [-0.3, -0.25) is 4.79 Å². The summed E-state index contributed by atoms with van der Waals surface area (Å²) in [6.07, 6.45) is 3.05. The van der Waals surface area contributed by atoms with Crippen molar-refractivity contribution in [2.45, 2.75) is 38.2 Å². The standard InChI is InChI=1S/C23H25N5O4/c1-30-21-8-7-17(13-24-21)22(29)27-11-9-23(10-12-27)16-28-20(15-32-23)19(25-26-28)14-31-18-5-3-2-4-6-18/h2-8,13H,9-12,14-16H2,1H3. The third-order valence-electron chi connectivity index (χ3n) is 6.14. The zero-order valence-electron chi connectivity index (χ0n) is 17.9. The Labute approximate surface area is 185 Å². The van der Waals surface area contributed by atoms with Crippen LogP contribution in [0, 0.1) is 0 Å². The van der Waals surface area contributed by atoms with Gasteiger partial charge in [0, 0.05) is 25.4 Å². The molecule has 1 aromatic carbocycles. The van der Waals surface area contributed by atoms with E-state index in [0.717, 1.165) is 30.0 Å². The van der Waals surface area contributed by atoms with Gasteiger partial charge < -0.3 is 19.1 Å². The van der Waals surface area contributed by atoms with Crippen LogP contribution in [0.2, 0.25) is 0 Å². The third-order valence-corrected chi connectivity index (χ3v) is 6.14. The number of benzene rings is 1. The second-order valence-electron chi connectivity index (χ2n) is 8.10. The Morgan fingerprint density at radius 2 is 1.97 bits per heavy atom. The Morgan fingerprint density at radius 1 is 1.16 bits per heavy atom. The van der Waals surface area contributed by atoms with Gasteiger partial charge in [0.2, 0.25) is 5.88 Å². The molecule has 0 unspecified atom stereocenters. The molecule has 3 aromatic rings. The maximum absolute atomic E-state index is 12.8. The molecule has 166 valence electrons.